The summed E-state index contributed by atoms with van der Waals surface area (Å²) >= 11 is 5.81. The minimum absolute atomic E-state index is 0.127. The lowest BCUT2D eigenvalue weighted by atomic mass is 10.00. The Bertz CT molecular complexity index is 491. The fourth-order valence-electron chi connectivity index (χ4n) is 2.67. The van der Waals surface area contributed by atoms with Crippen LogP contribution in [0.3, 0.4) is 0 Å². The summed E-state index contributed by atoms with van der Waals surface area (Å²) in [5.41, 5.74) is 0.359. The normalized spacial score (nSPS) is 24.0. The van der Waals surface area contributed by atoms with Crippen LogP contribution < -0.4 is 5.32 Å². The summed E-state index contributed by atoms with van der Waals surface area (Å²) in [5.74, 6) is -0.135. The number of H-pyrrole nitrogens is 1. The molecular formula is C15H24ClN3O2. The van der Waals surface area contributed by atoms with E-state index in [1.165, 1.54) is 0 Å². The van der Waals surface area contributed by atoms with Gasteiger partial charge < -0.3 is 15.0 Å². The van der Waals surface area contributed by atoms with Gasteiger partial charge in [0.25, 0.3) is 5.91 Å². The Morgan fingerprint density at radius 2 is 2.10 bits per heavy atom. The highest BCUT2D eigenvalue weighted by atomic mass is 35.5. The molecule has 5 nitrogen and oxygen atoms in total. The van der Waals surface area contributed by atoms with Gasteiger partial charge in [-0.3, -0.25) is 9.69 Å². The van der Waals surface area contributed by atoms with E-state index in [0.717, 1.165) is 13.1 Å². The third-order valence-electron chi connectivity index (χ3n) is 3.85. The number of hydrogen-bond donors (Lipinski definition) is 2. The lowest BCUT2D eigenvalue weighted by Crippen LogP contribution is -2.58. The monoisotopic (exact) mass is 313 g/mol. The van der Waals surface area contributed by atoms with Crippen LogP contribution in [-0.4, -0.2) is 53.2 Å². The first-order valence-corrected chi connectivity index (χ1v) is 7.68. The summed E-state index contributed by atoms with van der Waals surface area (Å²) < 4.78 is 5.76. The maximum Gasteiger partial charge on any atom is 0.267 e. The van der Waals surface area contributed by atoms with Crippen LogP contribution in [0.1, 0.15) is 38.2 Å². The maximum atomic E-state index is 12.1. The highest BCUT2D eigenvalue weighted by molar-refractivity contribution is 6.30. The van der Waals surface area contributed by atoms with Crippen LogP contribution in [0.25, 0.3) is 0 Å². The summed E-state index contributed by atoms with van der Waals surface area (Å²) in [7, 11) is 0. The molecule has 2 heterocycles. The maximum absolute atomic E-state index is 12.1. The van der Waals surface area contributed by atoms with Crippen LogP contribution >= 0.6 is 11.6 Å². The van der Waals surface area contributed by atoms with Crippen molar-refractivity contribution < 1.29 is 9.53 Å². The predicted molar refractivity (Wildman–Crippen MR) is 83.8 cm³/mol. The Morgan fingerprint density at radius 1 is 1.48 bits per heavy atom. The smallest absolute Gasteiger partial charge is 0.267 e. The molecule has 2 N–H and O–H groups in total. The minimum atomic E-state index is -0.135. The van der Waals surface area contributed by atoms with Crippen molar-refractivity contribution in [1.29, 1.82) is 0 Å². The van der Waals surface area contributed by atoms with E-state index in [1.807, 2.05) is 0 Å². The molecule has 2 atom stereocenters. The third kappa shape index (κ3) is 4.22. The van der Waals surface area contributed by atoms with E-state index in [9.17, 15) is 4.79 Å². The summed E-state index contributed by atoms with van der Waals surface area (Å²) in [5, 5.41) is 3.51. The number of hydrogen-bond acceptors (Lipinski definition) is 3. The molecule has 118 valence electrons. The number of nitrogens with one attached hydrogen (secondary N) is 2. The van der Waals surface area contributed by atoms with Gasteiger partial charge in [0.05, 0.1) is 17.2 Å². The summed E-state index contributed by atoms with van der Waals surface area (Å²) in [6.07, 6.45) is 2.03. The van der Waals surface area contributed by atoms with Gasteiger partial charge in [-0.1, -0.05) is 11.6 Å². The predicted octanol–water partition coefficient (Wildman–Crippen LogP) is 2.29. The first kappa shape index (κ1) is 16.3. The van der Waals surface area contributed by atoms with E-state index in [1.54, 1.807) is 12.3 Å². The van der Waals surface area contributed by atoms with Crippen molar-refractivity contribution in [2.75, 3.05) is 19.6 Å². The Balaban J connectivity index is 1.92. The van der Waals surface area contributed by atoms with Gasteiger partial charge in [0.1, 0.15) is 5.69 Å². The zero-order valence-corrected chi connectivity index (χ0v) is 13.8. The Labute approximate surface area is 131 Å². The van der Waals surface area contributed by atoms with Crippen LogP contribution in [-0.2, 0) is 4.74 Å². The molecule has 0 aliphatic carbocycles. The molecule has 2 rings (SSSR count). The second-order valence-corrected chi connectivity index (χ2v) is 6.83. The number of nitrogens with zero attached hydrogens (tertiary/aromatic N) is 1. The molecule has 6 heteroatoms. The molecule has 0 spiro atoms. The van der Waals surface area contributed by atoms with Gasteiger partial charge >= 0.3 is 0 Å². The van der Waals surface area contributed by atoms with Crippen LogP contribution in [0.15, 0.2) is 12.3 Å². The SMILES string of the molecule is C[C@@H]1CN(C(C)(C)CNC(=O)c2cc(Cl)c[nH]2)C[C@H](C)O1. The standard InChI is InChI=1S/C15H24ClN3O2/c1-10-7-19(8-11(2)21-10)15(3,4)9-18-14(20)13-5-12(16)6-17-13/h5-6,10-11,17H,7-9H2,1-4H3,(H,18,20)/t10-,11+. The molecule has 0 unspecified atom stereocenters. The number of aromatic nitrogens is 1. The van der Waals surface area contributed by atoms with E-state index in [4.69, 9.17) is 16.3 Å². The first-order chi connectivity index (χ1) is 9.78. The molecule has 1 aliphatic heterocycles. The molecule has 1 aliphatic rings. The van der Waals surface area contributed by atoms with Crippen molar-refractivity contribution in [1.82, 2.24) is 15.2 Å². The lowest BCUT2D eigenvalue weighted by Gasteiger charge is -2.45. The second-order valence-electron chi connectivity index (χ2n) is 6.39. The van der Waals surface area contributed by atoms with Crippen LogP contribution in [0.2, 0.25) is 5.02 Å². The largest absolute Gasteiger partial charge is 0.373 e. The van der Waals surface area contributed by atoms with Crippen molar-refractivity contribution in [3.8, 4) is 0 Å². The second kappa shape index (κ2) is 6.38. The minimum Gasteiger partial charge on any atom is -0.373 e. The molecule has 1 saturated heterocycles. The topological polar surface area (TPSA) is 57.4 Å². The molecule has 1 aromatic heterocycles. The molecule has 1 aromatic rings. The highest BCUT2D eigenvalue weighted by Crippen LogP contribution is 2.20. The lowest BCUT2D eigenvalue weighted by molar-refractivity contribution is -0.0948. The third-order valence-corrected chi connectivity index (χ3v) is 4.07. The number of morpholine rings is 1. The van der Waals surface area contributed by atoms with E-state index in [0.29, 0.717) is 17.3 Å². The van der Waals surface area contributed by atoms with Crippen LogP contribution in [0, 0.1) is 0 Å². The number of rotatable bonds is 4. The van der Waals surface area contributed by atoms with Gasteiger partial charge in [-0.15, -0.1) is 0 Å². The summed E-state index contributed by atoms with van der Waals surface area (Å²) in [4.78, 5) is 17.3. The number of halogens is 1. The van der Waals surface area contributed by atoms with Gasteiger partial charge in [-0.25, -0.2) is 0 Å². The number of carbonyl (C=O) groups is 1. The van der Waals surface area contributed by atoms with Crippen molar-refractivity contribution in [2.24, 2.45) is 0 Å². The van der Waals surface area contributed by atoms with E-state index in [-0.39, 0.29) is 23.7 Å². The average molecular weight is 314 g/mol. The summed E-state index contributed by atoms with van der Waals surface area (Å²) in [6.45, 7) is 10.8. The number of amides is 1. The summed E-state index contributed by atoms with van der Waals surface area (Å²) in [6, 6.07) is 1.63. The number of aromatic amines is 1. The molecule has 0 radical (unpaired) electrons. The Hall–Kier alpha value is -1.04. The van der Waals surface area contributed by atoms with Gasteiger partial charge in [0.15, 0.2) is 0 Å². The quantitative estimate of drug-likeness (QED) is 0.896. The van der Waals surface area contributed by atoms with Gasteiger partial charge in [-0.2, -0.15) is 0 Å². The van der Waals surface area contributed by atoms with Crippen molar-refractivity contribution >= 4 is 17.5 Å². The van der Waals surface area contributed by atoms with Crippen molar-refractivity contribution in [3.63, 3.8) is 0 Å². The zero-order valence-electron chi connectivity index (χ0n) is 13.1. The molecule has 0 saturated carbocycles. The van der Waals surface area contributed by atoms with E-state index >= 15 is 0 Å². The highest BCUT2D eigenvalue weighted by Gasteiger charge is 2.33. The molecular weight excluding hydrogens is 290 g/mol. The first-order valence-electron chi connectivity index (χ1n) is 7.30. The van der Waals surface area contributed by atoms with Crippen molar-refractivity contribution in [3.05, 3.63) is 23.0 Å². The fraction of sp³-hybridized carbons (Fsp3) is 0.667. The molecule has 1 fully saturated rings. The van der Waals surface area contributed by atoms with Gasteiger partial charge in [-0.05, 0) is 33.8 Å². The molecule has 0 bridgehead atoms. The Kier molecular flexibility index (Phi) is 4.96. The van der Waals surface area contributed by atoms with Crippen LogP contribution in [0.4, 0.5) is 0 Å². The number of carbonyl (C=O) groups excluding carboxylic acids is 1. The average Bonchev–Trinajstić information content (AvgIpc) is 2.82. The molecule has 21 heavy (non-hydrogen) atoms. The van der Waals surface area contributed by atoms with Crippen molar-refractivity contribution in [2.45, 2.75) is 45.4 Å². The molecule has 1 amide bonds. The molecule has 0 aromatic carbocycles. The van der Waals surface area contributed by atoms with Crippen LogP contribution in [0.5, 0.6) is 0 Å². The van der Waals surface area contributed by atoms with Gasteiger partial charge in [0, 0.05) is 31.4 Å². The van der Waals surface area contributed by atoms with E-state index in [2.05, 4.69) is 42.9 Å². The zero-order chi connectivity index (χ0) is 15.6. The Morgan fingerprint density at radius 3 is 2.62 bits per heavy atom. The van der Waals surface area contributed by atoms with E-state index < -0.39 is 0 Å². The van der Waals surface area contributed by atoms with Gasteiger partial charge in [0.2, 0.25) is 0 Å². The number of ether oxygens (including phenoxy) is 1. The fourth-order valence-corrected chi connectivity index (χ4v) is 2.84.